The average Bonchev–Trinajstić information content (AvgIpc) is 2.94. The molecule has 3 aromatic heterocycles. The fourth-order valence-corrected chi connectivity index (χ4v) is 6.03. The molecule has 0 spiro atoms. The highest BCUT2D eigenvalue weighted by atomic mass is 28.3. The lowest BCUT2D eigenvalue weighted by molar-refractivity contribution is -0.448. The maximum atomic E-state index is 9.75. The van der Waals surface area contributed by atoms with Gasteiger partial charge in [-0.1, -0.05) is 74.1 Å². The molecule has 41 heavy (non-hydrogen) atoms. The zero-order valence-electron chi connectivity index (χ0n) is 22.9. The van der Waals surface area contributed by atoms with Crippen LogP contribution in [0.15, 0.2) is 103 Å². The average molecular weight is 563 g/mol. The third kappa shape index (κ3) is 5.23. The molecule has 0 atom stereocenters. The van der Waals surface area contributed by atoms with E-state index in [0.29, 0.717) is 0 Å². The summed E-state index contributed by atoms with van der Waals surface area (Å²) in [6.45, 7) is 6.85. The number of halogens is 4. The number of fused-ring (bicyclic) bond motifs is 6. The van der Waals surface area contributed by atoms with Gasteiger partial charge in [-0.25, -0.2) is 0 Å². The minimum atomic E-state index is -6.00. The Balaban J connectivity index is 0.000000559. The Kier molecular flexibility index (Phi) is 6.47. The van der Waals surface area contributed by atoms with Crippen LogP contribution in [0, 0.1) is 11.5 Å². The van der Waals surface area contributed by atoms with Gasteiger partial charge in [0.2, 0.25) is 16.6 Å². The van der Waals surface area contributed by atoms with Gasteiger partial charge in [0.05, 0.1) is 21.5 Å². The van der Waals surface area contributed by atoms with Crippen LogP contribution in [-0.4, -0.2) is 15.3 Å². The van der Waals surface area contributed by atoms with Crippen LogP contribution in [0.5, 0.6) is 0 Å². The van der Waals surface area contributed by atoms with E-state index in [1.165, 1.54) is 60.0 Å². The van der Waals surface area contributed by atoms with Gasteiger partial charge in [-0.3, -0.25) is 0 Å². The Labute approximate surface area is 236 Å². The Morgan fingerprint density at radius 2 is 1.02 bits per heavy atom. The van der Waals surface area contributed by atoms with Crippen molar-refractivity contribution in [1.82, 2.24) is 0 Å². The topological polar surface area (TPSA) is 4.10 Å². The third-order valence-corrected chi connectivity index (χ3v) is 7.98. The quantitative estimate of drug-likeness (QED) is 0.0468. The molecule has 4 aromatic carbocycles. The van der Waals surface area contributed by atoms with Crippen molar-refractivity contribution >= 4 is 64.2 Å². The standard InChI is InChI=1S/C34H26NSi.BF4/c1-36(2,3)20-19-23-15-17-24(18-16-23)25-21-30-26-9-4-6-11-28(26)32-13-8-14-33-29-12-7-5-10-27(29)31(22-25)34(30)35(32)33;2-1(3,4)5/h4-18,21-22H,1-3H3;/q+1;-1. The summed E-state index contributed by atoms with van der Waals surface area (Å²) >= 11 is 0. The summed E-state index contributed by atoms with van der Waals surface area (Å²) in [6.07, 6.45) is 0. The first-order valence-corrected chi connectivity index (χ1v) is 16.9. The molecular weight excluding hydrogens is 537 g/mol. The number of nitrogens with zero attached hydrogens (tertiary/aromatic N) is 1. The summed E-state index contributed by atoms with van der Waals surface area (Å²) in [7, 11) is -7.40. The maximum absolute atomic E-state index is 9.75. The van der Waals surface area contributed by atoms with Gasteiger partial charge in [0.15, 0.2) is 0 Å². The van der Waals surface area contributed by atoms with Crippen LogP contribution in [0.1, 0.15) is 5.56 Å². The van der Waals surface area contributed by atoms with Gasteiger partial charge in [-0.05, 0) is 53.6 Å². The van der Waals surface area contributed by atoms with E-state index in [9.17, 15) is 17.3 Å². The lowest BCUT2D eigenvalue weighted by Gasteiger charge is -2.13. The molecular formula is C34H26BF4NSi. The zero-order chi connectivity index (χ0) is 28.9. The van der Waals surface area contributed by atoms with Crippen LogP contribution in [-0.2, 0) is 0 Å². The first kappa shape index (κ1) is 26.8. The van der Waals surface area contributed by atoms with Crippen molar-refractivity contribution in [2.45, 2.75) is 19.6 Å². The number of aromatic nitrogens is 1. The molecule has 7 heteroatoms. The molecule has 0 bridgehead atoms. The lowest BCUT2D eigenvalue weighted by Crippen LogP contribution is -2.26. The molecule has 0 amide bonds. The van der Waals surface area contributed by atoms with Crippen molar-refractivity contribution in [2.75, 3.05) is 0 Å². The van der Waals surface area contributed by atoms with Crippen molar-refractivity contribution in [2.24, 2.45) is 0 Å². The Morgan fingerprint density at radius 3 is 1.49 bits per heavy atom. The van der Waals surface area contributed by atoms with E-state index >= 15 is 0 Å². The number of hydrogen-bond acceptors (Lipinski definition) is 0. The van der Waals surface area contributed by atoms with Gasteiger partial charge < -0.3 is 17.3 Å². The molecule has 7 aromatic rings. The largest absolute Gasteiger partial charge is 0.673 e. The second-order valence-corrected chi connectivity index (χ2v) is 16.0. The van der Waals surface area contributed by atoms with Crippen LogP contribution in [0.4, 0.5) is 17.3 Å². The van der Waals surface area contributed by atoms with Crippen molar-refractivity contribution in [3.05, 3.63) is 109 Å². The van der Waals surface area contributed by atoms with Gasteiger partial charge in [-0.2, -0.15) is 4.40 Å². The summed E-state index contributed by atoms with van der Waals surface area (Å²) < 4.78 is 41.5. The molecule has 0 saturated heterocycles. The van der Waals surface area contributed by atoms with Gasteiger partial charge in [0, 0.05) is 28.5 Å². The molecule has 202 valence electrons. The highest BCUT2D eigenvalue weighted by molar-refractivity contribution is 6.83. The molecule has 0 saturated carbocycles. The van der Waals surface area contributed by atoms with Crippen molar-refractivity contribution in [1.29, 1.82) is 0 Å². The summed E-state index contributed by atoms with van der Waals surface area (Å²) in [6, 6.07) is 37.8. The van der Waals surface area contributed by atoms with Crippen molar-refractivity contribution in [3.8, 4) is 22.6 Å². The van der Waals surface area contributed by atoms with E-state index in [1.54, 1.807) is 0 Å². The lowest BCUT2D eigenvalue weighted by atomic mass is 9.93. The van der Waals surface area contributed by atoms with Crippen LogP contribution >= 0.6 is 0 Å². The predicted molar refractivity (Wildman–Crippen MR) is 167 cm³/mol. The number of pyridine rings is 3. The minimum absolute atomic E-state index is 1.09. The van der Waals surface area contributed by atoms with Gasteiger partial charge in [0.1, 0.15) is 8.07 Å². The highest BCUT2D eigenvalue weighted by Gasteiger charge is 2.24. The third-order valence-electron chi connectivity index (χ3n) is 7.11. The van der Waals surface area contributed by atoms with Crippen LogP contribution in [0.25, 0.3) is 60.0 Å². The van der Waals surface area contributed by atoms with Gasteiger partial charge >= 0.3 is 7.25 Å². The molecule has 0 radical (unpaired) electrons. The molecule has 0 fully saturated rings. The van der Waals surface area contributed by atoms with Crippen molar-refractivity contribution < 1.29 is 21.7 Å². The summed E-state index contributed by atoms with van der Waals surface area (Å²) in [4.78, 5) is 0. The predicted octanol–water partition coefficient (Wildman–Crippen LogP) is 9.67. The molecule has 3 heterocycles. The minimum Gasteiger partial charge on any atom is -0.418 e. The van der Waals surface area contributed by atoms with Crippen LogP contribution in [0.3, 0.4) is 0 Å². The highest BCUT2D eigenvalue weighted by Crippen LogP contribution is 2.38. The van der Waals surface area contributed by atoms with E-state index in [-0.39, 0.29) is 0 Å². The first-order valence-electron chi connectivity index (χ1n) is 13.4. The fourth-order valence-electron chi connectivity index (χ4n) is 5.51. The van der Waals surface area contributed by atoms with E-state index < -0.39 is 15.3 Å². The van der Waals surface area contributed by atoms with Crippen molar-refractivity contribution in [3.63, 3.8) is 0 Å². The Bertz CT molecular complexity index is 2030. The summed E-state index contributed by atoms with van der Waals surface area (Å²) in [5.41, 5.74) is 10.8. The molecule has 0 aliphatic heterocycles. The number of hydrogen-bond donors (Lipinski definition) is 0. The van der Waals surface area contributed by atoms with Gasteiger partial charge in [0.25, 0.3) is 0 Å². The smallest absolute Gasteiger partial charge is 0.418 e. The number of rotatable bonds is 1. The van der Waals surface area contributed by atoms with Crippen LogP contribution in [0.2, 0.25) is 19.6 Å². The van der Waals surface area contributed by atoms with Crippen LogP contribution < -0.4 is 4.40 Å². The zero-order valence-corrected chi connectivity index (χ0v) is 23.9. The maximum Gasteiger partial charge on any atom is 0.673 e. The monoisotopic (exact) mass is 563 g/mol. The van der Waals surface area contributed by atoms with E-state index in [4.69, 9.17) is 0 Å². The van der Waals surface area contributed by atoms with Gasteiger partial charge in [-0.15, -0.1) is 5.54 Å². The summed E-state index contributed by atoms with van der Waals surface area (Å²) in [5.74, 6) is 3.39. The Hall–Kier alpha value is -4.41. The summed E-state index contributed by atoms with van der Waals surface area (Å²) in [5, 5.41) is 7.74. The second kappa shape index (κ2) is 9.90. The normalized spacial score (nSPS) is 12.1. The fraction of sp³-hybridized carbons (Fsp3) is 0.0882. The second-order valence-electron chi connectivity index (χ2n) is 11.2. The molecule has 0 N–H and O–H groups in total. The van der Waals surface area contributed by atoms with E-state index in [2.05, 4.69) is 139 Å². The molecule has 0 unspecified atom stereocenters. The first-order chi connectivity index (χ1) is 19.5. The van der Waals surface area contributed by atoms with E-state index in [0.717, 1.165) is 5.56 Å². The van der Waals surface area contributed by atoms with E-state index in [1.807, 2.05) is 0 Å². The molecule has 7 rings (SSSR count). The molecule has 0 aliphatic carbocycles. The SMILES string of the molecule is C[Si](C)(C)C#Cc1ccc(-c2cc3c4ccccc4c4cccc5c6ccccc6c(c2)c3[n+]45)cc1.F[B-](F)(F)F. The number of benzene rings is 4. The Morgan fingerprint density at radius 1 is 0.561 bits per heavy atom. The molecule has 0 aliphatic rings. The molecule has 1 nitrogen and oxygen atoms in total.